The fourth-order valence-corrected chi connectivity index (χ4v) is 4.99. The molecule has 9 nitrogen and oxygen atoms in total. The van der Waals surface area contributed by atoms with Crippen LogP contribution in [0.4, 0.5) is 11.4 Å². The van der Waals surface area contributed by atoms with Gasteiger partial charge in [-0.25, -0.2) is 0 Å². The first-order valence-electron chi connectivity index (χ1n) is 12.6. The number of furan rings is 1. The van der Waals surface area contributed by atoms with Crippen LogP contribution in [0, 0.1) is 5.92 Å². The monoisotopic (exact) mass is 541 g/mol. The van der Waals surface area contributed by atoms with Crippen molar-refractivity contribution in [3.8, 4) is 5.75 Å². The quantitative estimate of drug-likeness (QED) is 0.316. The van der Waals surface area contributed by atoms with Gasteiger partial charge < -0.3 is 23.7 Å². The van der Waals surface area contributed by atoms with E-state index in [0.717, 1.165) is 18.8 Å². The van der Waals surface area contributed by atoms with Crippen LogP contribution in [0.3, 0.4) is 0 Å². The summed E-state index contributed by atoms with van der Waals surface area (Å²) in [5.74, 6) is -0.0381. The predicted octanol–water partition coefficient (Wildman–Crippen LogP) is 5.15. The standard InChI is InChI=1S/C28H35N3O6S/c1-6-30(7-2)24-13-10-22(19-31(18-20(3)4)28(33)26-9-8-16-36-26)27(17-24)37-38(34,35)25-14-11-23(12-15-25)29-21(5)32/h8-17,20H,6-7,18-19H2,1-5H3,(H,29,32). The largest absolute Gasteiger partial charge is 0.459 e. The van der Waals surface area contributed by atoms with Crippen LogP contribution in [-0.2, 0) is 21.5 Å². The van der Waals surface area contributed by atoms with Gasteiger partial charge in [0.05, 0.1) is 6.26 Å². The van der Waals surface area contributed by atoms with Gasteiger partial charge in [0.25, 0.3) is 5.91 Å². The molecule has 1 aromatic heterocycles. The molecule has 0 aliphatic rings. The number of amides is 2. The van der Waals surface area contributed by atoms with Gasteiger partial charge in [-0.3, -0.25) is 9.59 Å². The maximum absolute atomic E-state index is 13.3. The highest BCUT2D eigenvalue weighted by atomic mass is 32.2. The molecule has 0 aliphatic heterocycles. The summed E-state index contributed by atoms with van der Waals surface area (Å²) in [6, 6.07) is 14.4. The Bertz CT molecular complexity index is 1330. The molecule has 0 aliphatic carbocycles. The SMILES string of the molecule is CCN(CC)c1ccc(CN(CC(C)C)C(=O)c2ccco2)c(OS(=O)(=O)c2ccc(NC(C)=O)cc2)c1. The number of nitrogens with one attached hydrogen (secondary N) is 1. The van der Waals surface area contributed by atoms with Crippen LogP contribution in [0.25, 0.3) is 0 Å². The third-order valence-corrected chi connectivity index (χ3v) is 7.06. The maximum atomic E-state index is 13.3. The lowest BCUT2D eigenvalue weighted by molar-refractivity contribution is -0.114. The molecule has 0 radical (unpaired) electrons. The summed E-state index contributed by atoms with van der Waals surface area (Å²) >= 11 is 0. The summed E-state index contributed by atoms with van der Waals surface area (Å²) in [5.41, 5.74) is 1.82. The maximum Gasteiger partial charge on any atom is 0.339 e. The Balaban J connectivity index is 1.99. The molecule has 38 heavy (non-hydrogen) atoms. The molecule has 2 amide bonds. The van der Waals surface area contributed by atoms with Crippen molar-refractivity contribution in [2.24, 2.45) is 5.92 Å². The van der Waals surface area contributed by atoms with E-state index >= 15 is 0 Å². The Morgan fingerprint density at radius 1 is 1.03 bits per heavy atom. The van der Waals surface area contributed by atoms with E-state index < -0.39 is 10.1 Å². The minimum absolute atomic E-state index is 0.0588. The van der Waals surface area contributed by atoms with E-state index in [-0.39, 0.29) is 40.7 Å². The van der Waals surface area contributed by atoms with Gasteiger partial charge in [-0.05, 0) is 62.2 Å². The number of rotatable bonds is 12. The van der Waals surface area contributed by atoms with Crippen LogP contribution < -0.4 is 14.4 Å². The average molecular weight is 542 g/mol. The zero-order valence-electron chi connectivity index (χ0n) is 22.4. The third kappa shape index (κ3) is 7.38. The second-order valence-electron chi connectivity index (χ2n) is 9.26. The smallest absolute Gasteiger partial charge is 0.339 e. The molecule has 2 aromatic carbocycles. The molecule has 0 fully saturated rings. The summed E-state index contributed by atoms with van der Waals surface area (Å²) < 4.78 is 37.6. The van der Waals surface area contributed by atoms with Gasteiger partial charge in [-0.15, -0.1) is 0 Å². The van der Waals surface area contributed by atoms with Crippen molar-refractivity contribution < 1.29 is 26.6 Å². The number of nitrogens with zero attached hydrogens (tertiary/aromatic N) is 2. The number of hydrogen-bond acceptors (Lipinski definition) is 7. The summed E-state index contributed by atoms with van der Waals surface area (Å²) in [6.45, 7) is 11.4. The molecule has 0 bridgehead atoms. The summed E-state index contributed by atoms with van der Waals surface area (Å²) in [6.07, 6.45) is 1.44. The van der Waals surface area contributed by atoms with E-state index in [1.54, 1.807) is 29.2 Å². The van der Waals surface area contributed by atoms with E-state index in [1.165, 1.54) is 37.5 Å². The van der Waals surface area contributed by atoms with Crippen molar-refractivity contribution in [2.45, 2.75) is 46.1 Å². The lowest BCUT2D eigenvalue weighted by atomic mass is 10.1. The molecule has 204 valence electrons. The topological polar surface area (TPSA) is 109 Å². The first-order chi connectivity index (χ1) is 18.0. The highest BCUT2D eigenvalue weighted by Crippen LogP contribution is 2.31. The van der Waals surface area contributed by atoms with Crippen molar-refractivity contribution in [3.63, 3.8) is 0 Å². The van der Waals surface area contributed by atoms with Gasteiger partial charge in [0.15, 0.2) is 5.76 Å². The second-order valence-corrected chi connectivity index (χ2v) is 10.8. The van der Waals surface area contributed by atoms with Crippen LogP contribution in [-0.4, -0.2) is 44.8 Å². The molecule has 0 atom stereocenters. The van der Waals surface area contributed by atoms with E-state index in [4.69, 9.17) is 8.60 Å². The summed E-state index contributed by atoms with van der Waals surface area (Å²) in [7, 11) is -4.21. The lowest BCUT2D eigenvalue weighted by Crippen LogP contribution is -2.33. The van der Waals surface area contributed by atoms with E-state index in [1.807, 2.05) is 33.8 Å². The van der Waals surface area contributed by atoms with Crippen molar-refractivity contribution in [1.82, 2.24) is 4.90 Å². The van der Waals surface area contributed by atoms with Crippen LogP contribution in [0.2, 0.25) is 0 Å². The number of benzene rings is 2. The van der Waals surface area contributed by atoms with Gasteiger partial charge in [0.2, 0.25) is 5.91 Å². The highest BCUT2D eigenvalue weighted by Gasteiger charge is 2.24. The van der Waals surface area contributed by atoms with Gasteiger partial charge >= 0.3 is 10.1 Å². The normalized spacial score (nSPS) is 11.3. The first kappa shape index (κ1) is 28.8. The van der Waals surface area contributed by atoms with E-state index in [9.17, 15) is 18.0 Å². The van der Waals surface area contributed by atoms with Crippen molar-refractivity contribution >= 4 is 33.3 Å². The molecular formula is C28H35N3O6S. The molecule has 3 rings (SSSR count). The average Bonchev–Trinajstić information content (AvgIpc) is 3.40. The molecule has 0 spiro atoms. The summed E-state index contributed by atoms with van der Waals surface area (Å²) in [4.78, 5) is 28.1. The number of hydrogen-bond donors (Lipinski definition) is 1. The van der Waals surface area contributed by atoms with Crippen LogP contribution in [0.15, 0.2) is 70.2 Å². The third-order valence-electron chi connectivity index (χ3n) is 5.81. The molecule has 0 saturated heterocycles. The van der Waals surface area contributed by atoms with Gasteiger partial charge in [0.1, 0.15) is 10.6 Å². The fraction of sp³-hybridized carbons (Fsp3) is 0.357. The predicted molar refractivity (Wildman–Crippen MR) is 147 cm³/mol. The Morgan fingerprint density at radius 3 is 2.26 bits per heavy atom. The zero-order chi connectivity index (χ0) is 27.9. The Hall–Kier alpha value is -3.79. The molecule has 1 N–H and O–H groups in total. The van der Waals surface area contributed by atoms with Gasteiger partial charge in [0, 0.05) is 56.1 Å². The molecular weight excluding hydrogens is 506 g/mol. The van der Waals surface area contributed by atoms with Crippen molar-refractivity contribution in [1.29, 1.82) is 0 Å². The minimum atomic E-state index is -4.21. The lowest BCUT2D eigenvalue weighted by Gasteiger charge is -2.26. The molecule has 0 unspecified atom stereocenters. The van der Waals surface area contributed by atoms with E-state index in [0.29, 0.717) is 17.8 Å². The zero-order valence-corrected chi connectivity index (χ0v) is 23.2. The minimum Gasteiger partial charge on any atom is -0.459 e. The Morgan fingerprint density at radius 2 is 1.71 bits per heavy atom. The number of carbonyl (C=O) groups is 2. The molecule has 0 saturated carbocycles. The molecule has 10 heteroatoms. The summed E-state index contributed by atoms with van der Waals surface area (Å²) in [5, 5.41) is 2.61. The van der Waals surface area contributed by atoms with Gasteiger partial charge in [-0.1, -0.05) is 19.9 Å². The van der Waals surface area contributed by atoms with Crippen LogP contribution in [0.5, 0.6) is 5.75 Å². The second kappa shape index (κ2) is 12.6. The van der Waals surface area contributed by atoms with Crippen LogP contribution in [0.1, 0.15) is 50.7 Å². The van der Waals surface area contributed by atoms with Crippen LogP contribution >= 0.6 is 0 Å². The Labute approximate surface area is 224 Å². The molecule has 1 heterocycles. The van der Waals surface area contributed by atoms with E-state index in [2.05, 4.69) is 10.2 Å². The number of carbonyl (C=O) groups excluding carboxylic acids is 2. The highest BCUT2D eigenvalue weighted by molar-refractivity contribution is 7.87. The first-order valence-corrected chi connectivity index (χ1v) is 14.0. The van der Waals surface area contributed by atoms with Crippen molar-refractivity contribution in [2.75, 3.05) is 29.9 Å². The molecule has 3 aromatic rings. The Kier molecular flexibility index (Phi) is 9.57. The van der Waals surface area contributed by atoms with Crippen molar-refractivity contribution in [3.05, 3.63) is 72.2 Å². The van der Waals surface area contributed by atoms with Gasteiger partial charge in [-0.2, -0.15) is 8.42 Å². The number of anilines is 2. The fourth-order valence-electron chi connectivity index (χ4n) is 4.03.